The number of likely N-dealkylation sites (N-methyl/N-ethyl adjacent to an activating group) is 1. The largest absolute Gasteiger partial charge is 0.333 e. The summed E-state index contributed by atoms with van der Waals surface area (Å²) in [5, 5.41) is 3.03. The molecule has 0 spiro atoms. The first kappa shape index (κ1) is 17.5. The lowest BCUT2D eigenvalue weighted by atomic mass is 9.90. The Bertz CT molecular complexity index is 779. The van der Waals surface area contributed by atoms with Crippen LogP contribution in [0, 0.1) is 26.7 Å². The highest BCUT2D eigenvalue weighted by Gasteiger charge is 2.43. The second-order valence-electron chi connectivity index (χ2n) is 7.67. The summed E-state index contributed by atoms with van der Waals surface area (Å²) < 4.78 is 0. The summed E-state index contributed by atoms with van der Waals surface area (Å²) in [6, 6.07) is 3.70. The van der Waals surface area contributed by atoms with E-state index in [9.17, 15) is 9.59 Å². The minimum atomic E-state index is -0.373. The number of hydrogen-bond acceptors (Lipinski definition) is 2. The fourth-order valence-corrected chi connectivity index (χ4v) is 3.74. The molecule has 2 heterocycles. The van der Waals surface area contributed by atoms with Gasteiger partial charge in [-0.05, 0) is 48.9 Å². The number of benzene rings is 1. The van der Waals surface area contributed by atoms with Crippen LogP contribution in [0.15, 0.2) is 23.4 Å². The van der Waals surface area contributed by atoms with Crippen molar-refractivity contribution in [2.45, 2.75) is 40.7 Å². The van der Waals surface area contributed by atoms with Crippen LogP contribution in [0.5, 0.6) is 0 Å². The first-order valence-electron chi connectivity index (χ1n) is 8.85. The van der Waals surface area contributed by atoms with Gasteiger partial charge in [0.25, 0.3) is 5.91 Å². The Morgan fingerprint density at radius 1 is 1.12 bits per heavy atom. The van der Waals surface area contributed by atoms with Gasteiger partial charge in [0.05, 0.1) is 23.9 Å². The highest BCUT2D eigenvalue weighted by molar-refractivity contribution is 6.01. The molecule has 2 aliphatic heterocycles. The molecule has 0 aromatic heterocycles. The van der Waals surface area contributed by atoms with Gasteiger partial charge in [0, 0.05) is 13.6 Å². The third-order valence-electron chi connectivity index (χ3n) is 5.21. The molecule has 5 heteroatoms. The van der Waals surface area contributed by atoms with Crippen LogP contribution in [0.25, 0.3) is 0 Å². The highest BCUT2D eigenvalue weighted by atomic mass is 16.2. The molecule has 25 heavy (non-hydrogen) atoms. The van der Waals surface area contributed by atoms with Crippen LogP contribution in [0.4, 0.5) is 4.79 Å². The van der Waals surface area contributed by atoms with Crippen molar-refractivity contribution in [1.29, 1.82) is 0 Å². The van der Waals surface area contributed by atoms with Crippen LogP contribution < -0.4 is 5.32 Å². The molecular weight excluding hydrogens is 314 g/mol. The van der Waals surface area contributed by atoms with Crippen molar-refractivity contribution in [3.8, 4) is 0 Å². The Labute approximate surface area is 149 Å². The molecule has 1 aromatic carbocycles. The molecule has 0 radical (unpaired) electrons. The van der Waals surface area contributed by atoms with Gasteiger partial charge in [-0.3, -0.25) is 9.69 Å². The number of nitrogens with zero attached hydrogens (tertiary/aromatic N) is 2. The van der Waals surface area contributed by atoms with Crippen molar-refractivity contribution in [3.63, 3.8) is 0 Å². The predicted molar refractivity (Wildman–Crippen MR) is 98.1 cm³/mol. The first-order valence-corrected chi connectivity index (χ1v) is 8.85. The van der Waals surface area contributed by atoms with Crippen LogP contribution in [-0.2, 0) is 4.79 Å². The molecule has 134 valence electrons. The van der Waals surface area contributed by atoms with E-state index < -0.39 is 0 Å². The average molecular weight is 341 g/mol. The van der Waals surface area contributed by atoms with Gasteiger partial charge in [-0.15, -0.1) is 0 Å². The van der Waals surface area contributed by atoms with Crippen LogP contribution in [0.3, 0.4) is 0 Å². The maximum Gasteiger partial charge on any atom is 0.322 e. The zero-order valence-corrected chi connectivity index (χ0v) is 15.9. The molecule has 3 rings (SSSR count). The average Bonchev–Trinajstić information content (AvgIpc) is 2.84. The number of carbonyl (C=O) groups is 2. The van der Waals surface area contributed by atoms with E-state index in [1.54, 1.807) is 11.9 Å². The van der Waals surface area contributed by atoms with Gasteiger partial charge in [0.2, 0.25) is 0 Å². The van der Waals surface area contributed by atoms with E-state index in [4.69, 9.17) is 0 Å². The summed E-state index contributed by atoms with van der Waals surface area (Å²) in [6.07, 6.45) is 0. The molecule has 0 saturated carbocycles. The van der Waals surface area contributed by atoms with E-state index in [-0.39, 0.29) is 18.0 Å². The molecule has 1 unspecified atom stereocenters. The minimum Gasteiger partial charge on any atom is -0.333 e. The Balaban J connectivity index is 2.07. The maximum absolute atomic E-state index is 13.1. The number of urea groups is 1. The smallest absolute Gasteiger partial charge is 0.322 e. The molecule has 1 aromatic rings. The molecular formula is C20H27N3O2. The molecule has 1 atom stereocenters. The molecule has 5 nitrogen and oxygen atoms in total. The monoisotopic (exact) mass is 341 g/mol. The lowest BCUT2D eigenvalue weighted by molar-refractivity contribution is -0.126. The maximum atomic E-state index is 13.1. The van der Waals surface area contributed by atoms with E-state index in [1.165, 1.54) is 11.1 Å². The molecule has 0 aliphatic carbocycles. The van der Waals surface area contributed by atoms with Crippen molar-refractivity contribution in [3.05, 3.63) is 45.7 Å². The van der Waals surface area contributed by atoms with Gasteiger partial charge in [-0.1, -0.05) is 26.0 Å². The Morgan fingerprint density at radius 3 is 2.40 bits per heavy atom. The van der Waals surface area contributed by atoms with Gasteiger partial charge < -0.3 is 10.2 Å². The standard InChI is InChI=1S/C20H27N3O2/c1-11(2)9-23-10-16-17(19(23)24)18(21-20(25)22(16)6)15-8-13(4)12(3)7-14(15)5/h7-8,11,18H,9-10H2,1-6H3,(H,21,25). The SMILES string of the molecule is Cc1cc(C)c(C2NC(=O)N(C)C3=C2C(=O)N(CC(C)C)C3)cc1C. The van der Waals surface area contributed by atoms with Gasteiger partial charge in [-0.25, -0.2) is 4.79 Å². The third kappa shape index (κ3) is 2.92. The summed E-state index contributed by atoms with van der Waals surface area (Å²) in [5.41, 5.74) is 6.04. The van der Waals surface area contributed by atoms with Gasteiger partial charge in [0.15, 0.2) is 0 Å². The summed E-state index contributed by atoms with van der Waals surface area (Å²) in [4.78, 5) is 29.0. The number of aryl methyl sites for hydroxylation is 3. The lowest BCUT2D eigenvalue weighted by Crippen LogP contribution is -2.45. The van der Waals surface area contributed by atoms with Crippen LogP contribution >= 0.6 is 0 Å². The minimum absolute atomic E-state index is 0.0400. The molecule has 0 bridgehead atoms. The molecule has 0 fully saturated rings. The van der Waals surface area contributed by atoms with E-state index in [2.05, 4.69) is 45.1 Å². The normalized spacial score (nSPS) is 20.5. The van der Waals surface area contributed by atoms with Crippen molar-refractivity contribution in [1.82, 2.24) is 15.1 Å². The summed E-state index contributed by atoms with van der Waals surface area (Å²) in [6.45, 7) is 11.6. The Kier molecular flexibility index (Phi) is 4.35. The molecule has 1 N–H and O–H groups in total. The topological polar surface area (TPSA) is 52.7 Å². The summed E-state index contributed by atoms with van der Waals surface area (Å²) >= 11 is 0. The first-order chi connectivity index (χ1) is 11.7. The third-order valence-corrected chi connectivity index (χ3v) is 5.21. The Hall–Kier alpha value is -2.30. The van der Waals surface area contributed by atoms with Crippen molar-refractivity contribution in [2.24, 2.45) is 5.92 Å². The zero-order chi connectivity index (χ0) is 18.5. The molecule has 3 amide bonds. The summed E-state index contributed by atoms with van der Waals surface area (Å²) in [7, 11) is 1.74. The molecule has 0 saturated heterocycles. The van der Waals surface area contributed by atoms with Gasteiger partial charge >= 0.3 is 6.03 Å². The number of carbonyl (C=O) groups excluding carboxylic acids is 2. The second-order valence-corrected chi connectivity index (χ2v) is 7.67. The molecule has 2 aliphatic rings. The van der Waals surface area contributed by atoms with E-state index >= 15 is 0 Å². The van der Waals surface area contributed by atoms with Crippen LogP contribution in [-0.4, -0.2) is 41.9 Å². The van der Waals surface area contributed by atoms with Gasteiger partial charge in [0.1, 0.15) is 0 Å². The number of hydrogen-bond donors (Lipinski definition) is 1. The number of nitrogens with one attached hydrogen (secondary N) is 1. The fraction of sp³-hybridized carbons (Fsp3) is 0.500. The van der Waals surface area contributed by atoms with Crippen LogP contribution in [0.1, 0.15) is 42.1 Å². The lowest BCUT2D eigenvalue weighted by Gasteiger charge is -2.32. The van der Waals surface area contributed by atoms with E-state index in [0.717, 1.165) is 16.8 Å². The quantitative estimate of drug-likeness (QED) is 0.919. The highest BCUT2D eigenvalue weighted by Crippen LogP contribution is 2.37. The Morgan fingerprint density at radius 2 is 1.76 bits per heavy atom. The van der Waals surface area contributed by atoms with Gasteiger partial charge in [-0.2, -0.15) is 0 Å². The zero-order valence-electron chi connectivity index (χ0n) is 15.9. The van der Waals surface area contributed by atoms with E-state index in [1.807, 2.05) is 11.8 Å². The van der Waals surface area contributed by atoms with Crippen molar-refractivity contribution >= 4 is 11.9 Å². The second kappa shape index (κ2) is 6.21. The van der Waals surface area contributed by atoms with E-state index in [0.29, 0.717) is 24.6 Å². The summed E-state index contributed by atoms with van der Waals surface area (Å²) in [5.74, 6) is 0.430. The van der Waals surface area contributed by atoms with Crippen molar-refractivity contribution < 1.29 is 9.59 Å². The number of rotatable bonds is 3. The fourth-order valence-electron chi connectivity index (χ4n) is 3.74. The predicted octanol–water partition coefficient (Wildman–Crippen LogP) is 3.06. The van der Waals surface area contributed by atoms with Crippen molar-refractivity contribution in [2.75, 3.05) is 20.1 Å². The van der Waals surface area contributed by atoms with Crippen LogP contribution in [0.2, 0.25) is 0 Å². The number of amides is 3.